The second-order valence-electron chi connectivity index (χ2n) is 27.5. The Morgan fingerprint density at radius 2 is 0.824 bits per heavy atom. The third kappa shape index (κ3) is 18.6. The summed E-state index contributed by atoms with van der Waals surface area (Å²) < 4.78 is 166. The van der Waals surface area contributed by atoms with Crippen LogP contribution in [0.3, 0.4) is 0 Å². The molecule has 0 bridgehead atoms. The summed E-state index contributed by atoms with van der Waals surface area (Å²) in [4.78, 5) is 23.4. The van der Waals surface area contributed by atoms with E-state index in [4.69, 9.17) is 83.9 Å². The molecule has 3 aromatic heterocycles. The van der Waals surface area contributed by atoms with Gasteiger partial charge in [0.05, 0.1) is 55.5 Å². The molecule has 9 heterocycles. The van der Waals surface area contributed by atoms with E-state index in [-0.39, 0.29) is 108 Å². The van der Waals surface area contributed by atoms with Crippen molar-refractivity contribution in [3.05, 3.63) is 228 Å². The van der Waals surface area contributed by atoms with Crippen LogP contribution in [0.25, 0.3) is 0 Å². The normalized spacial score (nSPS) is 23.1. The van der Waals surface area contributed by atoms with Crippen LogP contribution >= 0.6 is 69.9 Å². The molecule has 108 heavy (non-hydrogen) atoms. The maximum atomic E-state index is 15.4. The minimum atomic E-state index is -3.57. The molecule has 0 radical (unpaired) electrons. The smallest absolute Gasteiger partial charge is 0.223 e. The van der Waals surface area contributed by atoms with Gasteiger partial charge in [0.1, 0.15) is 23.2 Å². The standard InChI is InChI=1S/C25H25ClF2N2O5S.C25H25ClF2N2O3S.C23H23ClF2O3S.C4H5ClN2O/c1-15-29-22(30-35-15)14-36(31,32)11-8-21-18-13-34-24-20(28)7-6-19(27)23(24)25(18,9-10-33-21)12-16-2-4-17(26)5-3-16;1-15-29-22(30-33-15)14-34-11-8-21-18-13-32-24-20(28)7-6-19(27)23(24)25(18,9-10-31-21)12-16-2-4-17(26)5-3-16;1-14(27)30-11-8-20-17-13-29-22-19(26)7-6-18(25)21(22)23(17,9-10-28-20)12-15-2-4-16(24)5-3-15;1-3-6-4(2-5)7-8-3/h2-7,18,21H,8-14H2,1H3;2-7,18,21H,8-14H2,1H3;2-7,17,20H,8-13H2,1H3;2H2,1H3/t2*18-,21-,25-;17-,20-,23-;/m000./s1. The van der Waals surface area contributed by atoms with E-state index in [0.717, 1.165) is 53.1 Å². The number of benzene rings is 6. The Morgan fingerprint density at radius 1 is 0.481 bits per heavy atom. The van der Waals surface area contributed by atoms with Crippen molar-refractivity contribution >= 4 is 84.9 Å². The average Bonchev–Trinajstić information content (AvgIpc) is 0.745. The molecule has 576 valence electrons. The molecule has 6 aliphatic heterocycles. The van der Waals surface area contributed by atoms with Gasteiger partial charge in [-0.1, -0.05) is 98.4 Å². The number of thioether (sulfide) groups is 2. The number of sulfone groups is 1. The Balaban J connectivity index is 0.000000144. The predicted octanol–water partition coefficient (Wildman–Crippen LogP) is 17.2. The van der Waals surface area contributed by atoms with Crippen LogP contribution in [0, 0.1) is 73.4 Å². The van der Waals surface area contributed by atoms with Gasteiger partial charge in [0.25, 0.3) is 0 Å². The molecule has 0 N–H and O–H groups in total. The zero-order chi connectivity index (χ0) is 76.5. The molecule has 31 heteroatoms. The number of aryl methyl sites for hydroxylation is 3. The number of hydrogen-bond donors (Lipinski definition) is 0. The van der Waals surface area contributed by atoms with Crippen molar-refractivity contribution in [2.45, 2.75) is 137 Å². The zero-order valence-corrected chi connectivity index (χ0v) is 64.8. The van der Waals surface area contributed by atoms with E-state index in [1.807, 2.05) is 60.7 Å². The molecule has 9 atom stereocenters. The molecule has 0 saturated carbocycles. The van der Waals surface area contributed by atoms with Crippen molar-refractivity contribution in [2.24, 2.45) is 17.8 Å². The maximum absolute atomic E-state index is 15.4. The largest absolute Gasteiger partial charge is 0.490 e. The van der Waals surface area contributed by atoms with Crippen LogP contribution in [0.5, 0.6) is 17.2 Å². The Morgan fingerprint density at radius 3 is 1.17 bits per heavy atom. The Kier molecular flexibility index (Phi) is 26.6. The van der Waals surface area contributed by atoms with Gasteiger partial charge >= 0.3 is 0 Å². The molecule has 3 saturated heterocycles. The monoisotopic (exact) mass is 1630 g/mol. The van der Waals surface area contributed by atoms with E-state index in [1.54, 1.807) is 44.7 Å². The first-order chi connectivity index (χ1) is 51.9. The van der Waals surface area contributed by atoms with E-state index in [1.165, 1.54) is 30.8 Å². The van der Waals surface area contributed by atoms with E-state index < -0.39 is 73.0 Å². The van der Waals surface area contributed by atoms with Crippen LogP contribution in [0.4, 0.5) is 26.3 Å². The second-order valence-corrected chi connectivity index (χ2v) is 33.6. The highest BCUT2D eigenvalue weighted by Crippen LogP contribution is 2.56. The molecule has 0 spiro atoms. The lowest BCUT2D eigenvalue weighted by molar-refractivity contribution is -0.109. The number of halogens is 10. The molecule has 3 fully saturated rings. The minimum absolute atomic E-state index is 0.0129. The van der Waals surface area contributed by atoms with E-state index in [0.29, 0.717) is 125 Å². The fourth-order valence-electron chi connectivity index (χ4n) is 15.9. The highest BCUT2D eigenvalue weighted by Gasteiger charge is 2.57. The number of carbonyl (C=O) groups is 1. The van der Waals surface area contributed by atoms with Gasteiger partial charge < -0.3 is 42.0 Å². The highest BCUT2D eigenvalue weighted by molar-refractivity contribution is 8.13. The number of fused-ring (bicyclic) bond motifs is 9. The molecule has 6 aromatic carbocycles. The SMILES string of the molecule is CC(=O)SCC[C@@H]1OCC[C@@]2(Cc3ccc(Cl)cc3)c3c(F)ccc(F)c3OC[C@@H]12.Cc1nc(CCl)no1.Cc1nc(CS(=O)(=O)CC[C@@H]2OCC[C@@]3(Cc4ccc(Cl)cc4)c4c(F)ccc(F)c4OC[C@@H]23)no1.Cc1nc(CSCC[C@@H]2OCC[C@@]3(Cc4ccc(Cl)cc4)c4c(F)ccc(F)c4OC[C@@H]23)no1. The van der Waals surface area contributed by atoms with Crippen LogP contribution in [0.2, 0.25) is 15.1 Å². The van der Waals surface area contributed by atoms with Gasteiger partial charge in [0, 0.05) is 119 Å². The number of nitrogens with zero attached hydrogens (tertiary/aromatic N) is 6. The summed E-state index contributed by atoms with van der Waals surface area (Å²) in [7, 11) is -3.57. The first kappa shape index (κ1) is 80.6. The van der Waals surface area contributed by atoms with Crippen molar-refractivity contribution in [1.82, 2.24) is 30.4 Å². The lowest BCUT2D eigenvalue weighted by Crippen LogP contribution is -2.55. The Labute approximate surface area is 649 Å². The Hall–Kier alpha value is -6.92. The van der Waals surface area contributed by atoms with Crippen molar-refractivity contribution in [3.63, 3.8) is 0 Å². The predicted molar refractivity (Wildman–Crippen MR) is 397 cm³/mol. The number of aromatic nitrogens is 6. The zero-order valence-electron chi connectivity index (χ0n) is 59.3. The van der Waals surface area contributed by atoms with Crippen LogP contribution in [0.1, 0.15) is 114 Å². The van der Waals surface area contributed by atoms with Gasteiger partial charge in [0.2, 0.25) is 17.7 Å². The Bertz CT molecular complexity index is 4710. The minimum Gasteiger partial charge on any atom is -0.490 e. The number of hydrogen-bond acceptors (Lipinski definition) is 20. The second kappa shape index (κ2) is 35.6. The topological polar surface area (TPSA) is 223 Å². The summed E-state index contributed by atoms with van der Waals surface area (Å²) in [6.07, 6.45) is 3.76. The van der Waals surface area contributed by atoms with Crippen molar-refractivity contribution in [1.29, 1.82) is 0 Å². The van der Waals surface area contributed by atoms with Crippen LogP contribution < -0.4 is 14.2 Å². The molecule has 15 rings (SSSR count). The summed E-state index contributed by atoms with van der Waals surface area (Å²) in [6.45, 7) is 8.40. The molecule has 0 amide bonds. The molecular weight excluding hydrogens is 1550 g/mol. The van der Waals surface area contributed by atoms with Crippen molar-refractivity contribution in [3.8, 4) is 17.2 Å². The van der Waals surface area contributed by atoms with Crippen LogP contribution in [0.15, 0.2) is 123 Å². The third-order valence-corrected chi connectivity index (χ3v) is 25.1. The van der Waals surface area contributed by atoms with Crippen molar-refractivity contribution in [2.75, 3.05) is 56.9 Å². The number of ether oxygens (including phenoxy) is 6. The fraction of sp³-hybridized carbons (Fsp3) is 0.442. The van der Waals surface area contributed by atoms with Crippen LogP contribution in [-0.4, -0.2) is 119 Å². The van der Waals surface area contributed by atoms with E-state index in [9.17, 15) is 26.4 Å². The first-order valence-corrected chi connectivity index (χ1v) is 40.8. The van der Waals surface area contributed by atoms with Gasteiger partial charge in [-0.25, -0.2) is 34.8 Å². The quantitative estimate of drug-likeness (QED) is 0.0393. The van der Waals surface area contributed by atoms with Crippen molar-refractivity contribution < 1.29 is 81.5 Å². The molecule has 9 aromatic rings. The maximum Gasteiger partial charge on any atom is 0.223 e. The average molecular weight is 1630 g/mol. The third-order valence-electron chi connectivity index (χ3n) is 20.7. The first-order valence-electron chi connectivity index (χ1n) is 35.1. The van der Waals surface area contributed by atoms with Crippen LogP contribution in [-0.2, 0) is 81.7 Å². The summed E-state index contributed by atoms with van der Waals surface area (Å²) in [5.41, 5.74) is 1.62. The van der Waals surface area contributed by atoms with Gasteiger partial charge in [0.15, 0.2) is 67.1 Å². The number of alkyl halides is 1. The summed E-state index contributed by atoms with van der Waals surface area (Å²) in [5.74, 6) is 0.714. The molecule has 0 unspecified atom stereocenters. The number of carbonyl (C=O) groups excluding carboxylic acids is 1. The van der Waals surface area contributed by atoms with Gasteiger partial charge in [-0.3, -0.25) is 4.79 Å². The van der Waals surface area contributed by atoms with Gasteiger partial charge in [-0.05, 0) is 153 Å². The fourth-order valence-corrected chi connectivity index (χ4v) is 19.1. The van der Waals surface area contributed by atoms with Gasteiger partial charge in [-0.2, -0.15) is 26.7 Å². The van der Waals surface area contributed by atoms with E-state index in [2.05, 4.69) is 34.9 Å². The highest BCUT2D eigenvalue weighted by atomic mass is 35.5. The number of rotatable bonds is 20. The summed E-state index contributed by atoms with van der Waals surface area (Å²) >= 11 is 26.5. The van der Waals surface area contributed by atoms with E-state index >= 15 is 13.2 Å². The molecule has 18 nitrogen and oxygen atoms in total. The molecular formula is C77H78Cl4F6N6O12S3. The summed E-state index contributed by atoms with van der Waals surface area (Å²) in [5, 5.41) is 13.0. The lowest BCUT2D eigenvalue weighted by atomic mass is 9.60. The molecule has 6 aliphatic rings. The van der Waals surface area contributed by atoms with Gasteiger partial charge in [-0.15, -0.1) is 11.6 Å². The summed E-state index contributed by atoms with van der Waals surface area (Å²) in [6, 6.07) is 29.1. The molecule has 0 aliphatic carbocycles. The lowest BCUT2D eigenvalue weighted by Gasteiger charge is -2.51.